The quantitative estimate of drug-likeness (QED) is 0.837. The first-order valence-corrected chi connectivity index (χ1v) is 8.07. The van der Waals surface area contributed by atoms with Crippen molar-refractivity contribution in [2.45, 2.75) is 38.0 Å². The third kappa shape index (κ3) is 3.13. The number of rotatable bonds is 7. The fourth-order valence-electron chi connectivity index (χ4n) is 3.48. The molecule has 1 aromatic carbocycles. The van der Waals surface area contributed by atoms with E-state index in [1.165, 1.54) is 18.4 Å². The van der Waals surface area contributed by atoms with Gasteiger partial charge in [-0.1, -0.05) is 36.8 Å². The molecule has 0 unspecified atom stereocenters. The molecule has 1 aromatic rings. The molecular formula is C18H25NO2. The van der Waals surface area contributed by atoms with Crippen LogP contribution in [0.1, 0.15) is 43.6 Å². The van der Waals surface area contributed by atoms with Gasteiger partial charge in [0.2, 0.25) is 5.91 Å². The minimum Gasteiger partial charge on any atom is -0.385 e. The molecule has 0 aromatic heterocycles. The van der Waals surface area contributed by atoms with E-state index in [0.29, 0.717) is 18.4 Å². The molecule has 114 valence electrons. The lowest BCUT2D eigenvalue weighted by atomic mass is 9.66. The zero-order chi connectivity index (χ0) is 14.7. The second-order valence-corrected chi connectivity index (χ2v) is 6.60. The zero-order valence-electron chi connectivity index (χ0n) is 12.8. The van der Waals surface area contributed by atoms with Crippen molar-refractivity contribution in [3.8, 4) is 0 Å². The summed E-state index contributed by atoms with van der Waals surface area (Å²) in [4.78, 5) is 12.5. The number of hydrogen-bond acceptors (Lipinski definition) is 2. The maximum atomic E-state index is 12.5. The maximum Gasteiger partial charge on any atom is 0.226 e. The van der Waals surface area contributed by atoms with E-state index in [1.807, 2.05) is 0 Å². The molecule has 3 nitrogen and oxygen atoms in total. The van der Waals surface area contributed by atoms with Gasteiger partial charge in [-0.25, -0.2) is 0 Å². The topological polar surface area (TPSA) is 38.3 Å². The number of carbonyl (C=O) groups is 1. The zero-order valence-corrected chi connectivity index (χ0v) is 12.8. The number of benzene rings is 1. The van der Waals surface area contributed by atoms with Crippen molar-refractivity contribution in [1.82, 2.24) is 5.32 Å². The Balaban J connectivity index is 1.47. The molecule has 0 spiro atoms. The van der Waals surface area contributed by atoms with Crippen LogP contribution in [0.4, 0.5) is 0 Å². The monoisotopic (exact) mass is 287 g/mol. The van der Waals surface area contributed by atoms with Crippen molar-refractivity contribution >= 4 is 5.91 Å². The summed E-state index contributed by atoms with van der Waals surface area (Å²) in [5.74, 6) is 1.52. The SMILES string of the molecule is COCCC1(C(=O)NC[C@H]2C[C@@H]2c2ccccc2)CCC1. The smallest absolute Gasteiger partial charge is 0.226 e. The molecule has 2 aliphatic rings. The summed E-state index contributed by atoms with van der Waals surface area (Å²) in [5, 5.41) is 3.20. The van der Waals surface area contributed by atoms with Crippen LogP contribution in [0.3, 0.4) is 0 Å². The largest absolute Gasteiger partial charge is 0.385 e. The molecule has 3 heteroatoms. The van der Waals surface area contributed by atoms with Crippen molar-refractivity contribution < 1.29 is 9.53 Å². The molecule has 3 rings (SSSR count). The number of methoxy groups -OCH3 is 1. The van der Waals surface area contributed by atoms with Crippen molar-refractivity contribution in [1.29, 1.82) is 0 Å². The van der Waals surface area contributed by atoms with E-state index in [1.54, 1.807) is 7.11 Å². The predicted molar refractivity (Wildman–Crippen MR) is 83.1 cm³/mol. The lowest BCUT2D eigenvalue weighted by Crippen LogP contribution is -2.46. The number of amides is 1. The van der Waals surface area contributed by atoms with Crippen LogP contribution in [-0.4, -0.2) is 26.2 Å². The van der Waals surface area contributed by atoms with Crippen LogP contribution in [0.5, 0.6) is 0 Å². The van der Waals surface area contributed by atoms with Gasteiger partial charge in [-0.3, -0.25) is 4.79 Å². The molecule has 2 fully saturated rings. The van der Waals surface area contributed by atoms with Crippen LogP contribution in [0.15, 0.2) is 30.3 Å². The second-order valence-electron chi connectivity index (χ2n) is 6.60. The van der Waals surface area contributed by atoms with E-state index in [-0.39, 0.29) is 11.3 Å². The molecule has 1 N–H and O–H groups in total. The lowest BCUT2D eigenvalue weighted by Gasteiger charge is -2.40. The van der Waals surface area contributed by atoms with Gasteiger partial charge in [0.05, 0.1) is 5.41 Å². The van der Waals surface area contributed by atoms with Gasteiger partial charge in [-0.05, 0) is 43.1 Å². The third-order valence-corrected chi connectivity index (χ3v) is 5.25. The van der Waals surface area contributed by atoms with Crippen LogP contribution in [-0.2, 0) is 9.53 Å². The number of ether oxygens (including phenoxy) is 1. The molecule has 2 saturated carbocycles. The van der Waals surface area contributed by atoms with Gasteiger partial charge in [0, 0.05) is 20.3 Å². The Bertz CT molecular complexity index is 481. The molecule has 0 bridgehead atoms. The molecule has 0 saturated heterocycles. The van der Waals surface area contributed by atoms with E-state index in [0.717, 1.165) is 25.8 Å². The number of nitrogens with one attached hydrogen (secondary N) is 1. The summed E-state index contributed by atoms with van der Waals surface area (Å²) in [6.45, 7) is 1.51. The normalized spacial score (nSPS) is 26.0. The summed E-state index contributed by atoms with van der Waals surface area (Å²) in [6.07, 6.45) is 5.29. The Hall–Kier alpha value is -1.35. The van der Waals surface area contributed by atoms with Gasteiger partial charge < -0.3 is 10.1 Å². The first kappa shape index (κ1) is 14.6. The first-order valence-electron chi connectivity index (χ1n) is 8.07. The molecule has 0 radical (unpaired) electrons. The van der Waals surface area contributed by atoms with Crippen LogP contribution >= 0.6 is 0 Å². The molecule has 1 amide bonds. The lowest BCUT2D eigenvalue weighted by molar-refractivity contribution is -0.137. The molecule has 2 aliphatic carbocycles. The van der Waals surface area contributed by atoms with E-state index in [4.69, 9.17) is 4.74 Å². The highest BCUT2D eigenvalue weighted by Gasteiger charge is 2.45. The fourth-order valence-corrected chi connectivity index (χ4v) is 3.48. The van der Waals surface area contributed by atoms with Crippen LogP contribution in [0.2, 0.25) is 0 Å². The Morgan fingerprint density at radius 1 is 1.33 bits per heavy atom. The predicted octanol–water partition coefficient (Wildman–Crippen LogP) is 3.11. The standard InChI is InChI=1S/C18H25NO2/c1-21-11-10-18(8-5-9-18)17(20)19-13-15-12-16(15)14-6-3-2-4-7-14/h2-4,6-7,15-16H,5,8-13H2,1H3,(H,19,20)/t15-,16-/m1/s1. The molecule has 2 atom stereocenters. The highest BCUT2D eigenvalue weighted by atomic mass is 16.5. The van der Waals surface area contributed by atoms with Gasteiger partial charge >= 0.3 is 0 Å². The minimum atomic E-state index is -0.132. The molecule has 21 heavy (non-hydrogen) atoms. The van der Waals surface area contributed by atoms with Crippen molar-refractivity contribution in [2.24, 2.45) is 11.3 Å². The Kier molecular flexibility index (Phi) is 4.29. The molecule has 0 aliphatic heterocycles. The van der Waals surface area contributed by atoms with Gasteiger partial charge in [0.25, 0.3) is 0 Å². The third-order valence-electron chi connectivity index (χ3n) is 5.25. The summed E-state index contributed by atoms with van der Waals surface area (Å²) in [5.41, 5.74) is 1.28. The van der Waals surface area contributed by atoms with Gasteiger partial charge in [0.15, 0.2) is 0 Å². The average Bonchev–Trinajstić information content (AvgIpc) is 3.25. The molecular weight excluding hydrogens is 262 g/mol. The summed E-state index contributed by atoms with van der Waals surface area (Å²) >= 11 is 0. The van der Waals surface area contributed by atoms with Crippen LogP contribution < -0.4 is 5.32 Å². The van der Waals surface area contributed by atoms with E-state index in [9.17, 15) is 4.79 Å². The number of carbonyl (C=O) groups excluding carboxylic acids is 1. The number of hydrogen-bond donors (Lipinski definition) is 1. The maximum absolute atomic E-state index is 12.5. The van der Waals surface area contributed by atoms with E-state index in [2.05, 4.69) is 35.6 Å². The highest BCUT2D eigenvalue weighted by molar-refractivity contribution is 5.83. The van der Waals surface area contributed by atoms with Crippen molar-refractivity contribution in [2.75, 3.05) is 20.3 Å². The Morgan fingerprint density at radius 3 is 2.71 bits per heavy atom. The Labute approximate surface area is 127 Å². The summed E-state index contributed by atoms with van der Waals surface area (Å²) in [6, 6.07) is 10.6. The average molecular weight is 287 g/mol. The van der Waals surface area contributed by atoms with E-state index < -0.39 is 0 Å². The van der Waals surface area contributed by atoms with Crippen LogP contribution in [0.25, 0.3) is 0 Å². The van der Waals surface area contributed by atoms with Gasteiger partial charge in [-0.15, -0.1) is 0 Å². The highest BCUT2D eigenvalue weighted by Crippen LogP contribution is 2.48. The summed E-state index contributed by atoms with van der Waals surface area (Å²) in [7, 11) is 1.71. The molecule has 0 heterocycles. The second kappa shape index (κ2) is 6.18. The minimum absolute atomic E-state index is 0.132. The van der Waals surface area contributed by atoms with Gasteiger partial charge in [-0.2, -0.15) is 0 Å². The van der Waals surface area contributed by atoms with Gasteiger partial charge in [0.1, 0.15) is 0 Å². The fraction of sp³-hybridized carbons (Fsp3) is 0.611. The first-order chi connectivity index (χ1) is 10.2. The van der Waals surface area contributed by atoms with Crippen molar-refractivity contribution in [3.63, 3.8) is 0 Å². The summed E-state index contributed by atoms with van der Waals surface area (Å²) < 4.78 is 5.16. The van der Waals surface area contributed by atoms with Crippen molar-refractivity contribution in [3.05, 3.63) is 35.9 Å². The Morgan fingerprint density at radius 2 is 2.10 bits per heavy atom. The van der Waals surface area contributed by atoms with Crippen LogP contribution in [0, 0.1) is 11.3 Å². The van der Waals surface area contributed by atoms with E-state index >= 15 is 0 Å².